The highest BCUT2D eigenvalue weighted by Crippen LogP contribution is 2.61. The quantitative estimate of drug-likeness (QED) is 0.317. The molecule has 2 aromatic heterocycles. The average molecular weight is 411 g/mol. The van der Waals surface area contributed by atoms with Crippen LogP contribution in [0.2, 0.25) is 0 Å². The lowest BCUT2D eigenvalue weighted by Crippen LogP contribution is -2.12. The number of allylic oxidation sites excluding steroid dienone is 4. The molecule has 0 saturated heterocycles. The monoisotopic (exact) mass is 410 g/mol. The molecule has 29 heavy (non-hydrogen) atoms. The van der Waals surface area contributed by atoms with Gasteiger partial charge in [-0.2, -0.15) is 0 Å². The van der Waals surface area contributed by atoms with Crippen LogP contribution in [0.5, 0.6) is 0 Å². The molecule has 1 aliphatic rings. The third-order valence-corrected chi connectivity index (χ3v) is 7.43. The van der Waals surface area contributed by atoms with E-state index in [4.69, 9.17) is 0 Å². The third-order valence-electron chi connectivity index (χ3n) is 5.66. The van der Waals surface area contributed by atoms with Gasteiger partial charge in [0.25, 0.3) is 0 Å². The van der Waals surface area contributed by atoms with Gasteiger partial charge in [-0.05, 0) is 56.3 Å². The number of rotatable bonds is 4. The number of benzene rings is 2. The molecule has 0 nitrogen and oxygen atoms in total. The van der Waals surface area contributed by atoms with Crippen molar-refractivity contribution in [1.29, 1.82) is 0 Å². The van der Waals surface area contributed by atoms with Gasteiger partial charge in [0.05, 0.1) is 0 Å². The first-order valence-electron chi connectivity index (χ1n) is 9.86. The highest BCUT2D eigenvalue weighted by molar-refractivity contribution is 7.12. The third kappa shape index (κ3) is 3.04. The summed E-state index contributed by atoms with van der Waals surface area (Å²) in [6, 6.07) is 30.6. The summed E-state index contributed by atoms with van der Waals surface area (Å²) in [4.78, 5) is 2.71. The van der Waals surface area contributed by atoms with E-state index in [0.717, 1.165) is 0 Å². The fourth-order valence-corrected chi connectivity index (χ4v) is 6.36. The van der Waals surface area contributed by atoms with E-state index >= 15 is 0 Å². The van der Waals surface area contributed by atoms with Gasteiger partial charge in [-0.15, -0.1) is 22.7 Å². The van der Waals surface area contributed by atoms with Gasteiger partial charge in [0.15, 0.2) is 0 Å². The van der Waals surface area contributed by atoms with E-state index in [1.165, 1.54) is 43.2 Å². The van der Waals surface area contributed by atoms with Crippen molar-refractivity contribution in [3.05, 3.63) is 117 Å². The smallest absolute Gasteiger partial charge is 0.0317 e. The molecule has 0 bridgehead atoms. The summed E-state index contributed by atoms with van der Waals surface area (Å²) >= 11 is 3.67. The Morgan fingerprint density at radius 1 is 0.517 bits per heavy atom. The lowest BCUT2D eigenvalue weighted by molar-refractivity contribution is 0.686. The molecule has 0 amide bonds. The largest absolute Gasteiger partial charge is 0.144 e. The van der Waals surface area contributed by atoms with Crippen molar-refractivity contribution in [1.82, 2.24) is 0 Å². The lowest BCUT2D eigenvalue weighted by Gasteiger charge is -2.27. The van der Waals surface area contributed by atoms with Crippen LogP contribution in [0.3, 0.4) is 0 Å². The summed E-state index contributed by atoms with van der Waals surface area (Å²) in [6.07, 6.45) is 0. The van der Waals surface area contributed by atoms with Crippen LogP contribution < -0.4 is 0 Å². The summed E-state index contributed by atoms with van der Waals surface area (Å²) < 4.78 is 0. The van der Waals surface area contributed by atoms with Crippen molar-refractivity contribution in [3.63, 3.8) is 0 Å². The molecule has 4 aromatic rings. The highest BCUT2D eigenvalue weighted by atomic mass is 32.1. The minimum Gasteiger partial charge on any atom is -0.144 e. The molecule has 0 aliphatic heterocycles. The molecule has 0 atom stereocenters. The van der Waals surface area contributed by atoms with E-state index in [2.05, 4.69) is 110 Å². The van der Waals surface area contributed by atoms with E-state index in [9.17, 15) is 0 Å². The molecule has 0 fully saturated rings. The number of hydrogen-bond donors (Lipinski definition) is 0. The zero-order valence-electron chi connectivity index (χ0n) is 16.6. The molecule has 2 aromatic carbocycles. The van der Waals surface area contributed by atoms with E-state index in [1.54, 1.807) is 0 Å². The lowest BCUT2D eigenvalue weighted by atomic mass is 9.78. The van der Waals surface area contributed by atoms with Crippen LogP contribution in [0, 0.1) is 5.41 Å². The van der Waals surface area contributed by atoms with Crippen molar-refractivity contribution < 1.29 is 0 Å². The molecule has 0 radical (unpaired) electrons. The second-order valence-electron chi connectivity index (χ2n) is 7.81. The normalized spacial score (nSPS) is 15.9. The van der Waals surface area contributed by atoms with Crippen LogP contribution in [0.25, 0.3) is 22.3 Å². The zero-order valence-corrected chi connectivity index (χ0v) is 18.2. The summed E-state index contributed by atoms with van der Waals surface area (Å²) in [5.74, 6) is 0. The van der Waals surface area contributed by atoms with Crippen molar-refractivity contribution in [2.24, 2.45) is 5.41 Å². The number of thiophene rings is 2. The predicted octanol–water partition coefficient (Wildman–Crippen LogP) is 8.37. The summed E-state index contributed by atoms with van der Waals surface area (Å²) in [7, 11) is 0. The SMILES string of the molecule is CC1(C)C(c2cccs2)=C(c2ccccc2)C(c2ccccc2)=C1c1cccs1. The maximum atomic E-state index is 2.38. The Kier molecular flexibility index (Phi) is 4.61. The second-order valence-corrected chi connectivity index (χ2v) is 9.71. The van der Waals surface area contributed by atoms with Gasteiger partial charge >= 0.3 is 0 Å². The minimum absolute atomic E-state index is 0.0912. The molecule has 0 saturated carbocycles. The van der Waals surface area contributed by atoms with Crippen molar-refractivity contribution >= 4 is 45.0 Å². The van der Waals surface area contributed by atoms with Crippen LogP contribution in [0.4, 0.5) is 0 Å². The Balaban J connectivity index is 1.91. The predicted molar refractivity (Wildman–Crippen MR) is 129 cm³/mol. The molecular formula is C27H22S2. The first-order chi connectivity index (χ1) is 14.2. The Morgan fingerprint density at radius 3 is 1.28 bits per heavy atom. The molecule has 0 N–H and O–H groups in total. The Bertz CT molecular complexity index is 1080. The maximum absolute atomic E-state index is 2.38. The van der Waals surface area contributed by atoms with E-state index in [-0.39, 0.29) is 5.41 Å². The average Bonchev–Trinajstić information content (AvgIpc) is 3.48. The van der Waals surface area contributed by atoms with Crippen LogP contribution in [-0.4, -0.2) is 0 Å². The van der Waals surface area contributed by atoms with Gasteiger partial charge in [-0.1, -0.05) is 86.6 Å². The van der Waals surface area contributed by atoms with Crippen LogP contribution in [0.1, 0.15) is 34.7 Å². The van der Waals surface area contributed by atoms with E-state index in [1.807, 2.05) is 22.7 Å². The van der Waals surface area contributed by atoms with Crippen LogP contribution in [0.15, 0.2) is 95.7 Å². The molecule has 0 spiro atoms. The topological polar surface area (TPSA) is 0 Å². The van der Waals surface area contributed by atoms with Gasteiger partial charge in [0.1, 0.15) is 0 Å². The molecule has 2 heterocycles. The Hall–Kier alpha value is -2.68. The highest BCUT2D eigenvalue weighted by Gasteiger charge is 2.42. The van der Waals surface area contributed by atoms with E-state index < -0.39 is 0 Å². The number of hydrogen-bond acceptors (Lipinski definition) is 2. The summed E-state index contributed by atoms with van der Waals surface area (Å²) in [5.41, 5.74) is 8.08. The molecule has 5 rings (SSSR count). The van der Waals surface area contributed by atoms with Crippen molar-refractivity contribution in [3.8, 4) is 0 Å². The van der Waals surface area contributed by atoms with Crippen molar-refractivity contribution in [2.75, 3.05) is 0 Å². The molecular weight excluding hydrogens is 388 g/mol. The minimum atomic E-state index is -0.0912. The van der Waals surface area contributed by atoms with Gasteiger partial charge < -0.3 is 0 Å². The zero-order chi connectivity index (χ0) is 19.8. The molecule has 1 aliphatic carbocycles. The first-order valence-corrected chi connectivity index (χ1v) is 11.6. The van der Waals surface area contributed by atoms with Gasteiger partial charge in [0, 0.05) is 15.2 Å². The van der Waals surface area contributed by atoms with Crippen LogP contribution in [-0.2, 0) is 0 Å². The van der Waals surface area contributed by atoms with Gasteiger partial charge in [0.2, 0.25) is 0 Å². The fourth-order valence-electron chi connectivity index (χ4n) is 4.49. The fraction of sp³-hybridized carbons (Fsp3) is 0.111. The van der Waals surface area contributed by atoms with Gasteiger partial charge in [-0.3, -0.25) is 0 Å². The van der Waals surface area contributed by atoms with Crippen LogP contribution >= 0.6 is 22.7 Å². The molecule has 0 unspecified atom stereocenters. The Morgan fingerprint density at radius 2 is 0.931 bits per heavy atom. The second kappa shape index (κ2) is 7.29. The Labute approximate surface area is 180 Å². The van der Waals surface area contributed by atoms with Crippen molar-refractivity contribution in [2.45, 2.75) is 13.8 Å². The standard InChI is InChI=1S/C27H22S2/c1-27(2)25(21-15-9-17-28-21)23(19-11-5-3-6-12-19)24(20-13-7-4-8-14-20)26(27)22-16-10-18-29-22/h3-18H,1-2H3. The maximum Gasteiger partial charge on any atom is 0.0317 e. The first kappa shape index (κ1) is 18.4. The van der Waals surface area contributed by atoms with E-state index in [0.29, 0.717) is 0 Å². The summed E-state index contributed by atoms with van der Waals surface area (Å²) in [6.45, 7) is 4.77. The molecule has 142 valence electrons. The van der Waals surface area contributed by atoms with Gasteiger partial charge in [-0.25, -0.2) is 0 Å². The molecule has 2 heteroatoms. The summed E-state index contributed by atoms with van der Waals surface area (Å²) in [5, 5.41) is 4.37.